The van der Waals surface area contributed by atoms with E-state index in [4.69, 9.17) is 5.11 Å². The molecule has 1 amide bonds. The van der Waals surface area contributed by atoms with E-state index in [2.05, 4.69) is 0 Å². The van der Waals surface area contributed by atoms with Crippen molar-refractivity contribution in [3.8, 4) is 0 Å². The van der Waals surface area contributed by atoms with Crippen LogP contribution in [0.2, 0.25) is 0 Å². The Morgan fingerprint density at radius 1 is 1.45 bits per heavy atom. The van der Waals surface area contributed by atoms with Gasteiger partial charge in [-0.25, -0.2) is 4.39 Å². The summed E-state index contributed by atoms with van der Waals surface area (Å²) in [4.78, 5) is 24.9. The number of amides is 1. The fourth-order valence-electron chi connectivity index (χ4n) is 2.70. The summed E-state index contributed by atoms with van der Waals surface area (Å²) in [6.07, 6.45) is 1.73. The maximum Gasteiger partial charge on any atom is 0.303 e. The first-order valence-electron chi connectivity index (χ1n) is 6.74. The molecule has 1 unspecified atom stereocenters. The van der Waals surface area contributed by atoms with Crippen molar-refractivity contribution in [3.05, 3.63) is 35.1 Å². The average molecular weight is 279 g/mol. The van der Waals surface area contributed by atoms with Gasteiger partial charge in [-0.15, -0.1) is 0 Å². The normalized spacial score (nSPS) is 18.9. The van der Waals surface area contributed by atoms with Gasteiger partial charge in [0.1, 0.15) is 5.82 Å². The van der Waals surface area contributed by atoms with Crippen molar-refractivity contribution in [2.24, 2.45) is 5.92 Å². The van der Waals surface area contributed by atoms with Gasteiger partial charge in [0.25, 0.3) is 5.91 Å². The predicted octanol–water partition coefficient (Wildman–Crippen LogP) is 2.46. The fraction of sp³-hybridized carbons (Fsp3) is 0.467. The van der Waals surface area contributed by atoms with Crippen LogP contribution in [-0.4, -0.2) is 35.0 Å². The zero-order valence-corrected chi connectivity index (χ0v) is 11.4. The molecule has 5 heteroatoms. The Morgan fingerprint density at radius 2 is 2.20 bits per heavy atom. The standard InChI is InChI=1S/C15H18FNO3/c1-10-7-12(16)4-5-13(10)15(20)17-6-2-3-11(9-17)8-14(18)19/h4-5,7,11H,2-3,6,8-9H2,1H3,(H,18,19). The summed E-state index contributed by atoms with van der Waals surface area (Å²) in [7, 11) is 0. The maximum absolute atomic E-state index is 13.1. The van der Waals surface area contributed by atoms with E-state index in [9.17, 15) is 14.0 Å². The van der Waals surface area contributed by atoms with Crippen molar-refractivity contribution in [1.29, 1.82) is 0 Å². The number of carboxylic acids is 1. The van der Waals surface area contributed by atoms with Gasteiger partial charge in [-0.3, -0.25) is 9.59 Å². The van der Waals surface area contributed by atoms with Gasteiger partial charge in [0, 0.05) is 25.1 Å². The predicted molar refractivity (Wildman–Crippen MR) is 72.0 cm³/mol. The highest BCUT2D eigenvalue weighted by atomic mass is 19.1. The Balaban J connectivity index is 2.10. The second-order valence-electron chi connectivity index (χ2n) is 5.32. The van der Waals surface area contributed by atoms with Crippen LogP contribution >= 0.6 is 0 Å². The van der Waals surface area contributed by atoms with Gasteiger partial charge >= 0.3 is 5.97 Å². The van der Waals surface area contributed by atoms with E-state index in [0.29, 0.717) is 24.2 Å². The smallest absolute Gasteiger partial charge is 0.303 e. The third-order valence-corrected chi connectivity index (χ3v) is 3.69. The van der Waals surface area contributed by atoms with Crippen LogP contribution in [0.15, 0.2) is 18.2 Å². The van der Waals surface area contributed by atoms with Crippen LogP contribution in [0, 0.1) is 18.7 Å². The SMILES string of the molecule is Cc1cc(F)ccc1C(=O)N1CCCC(CC(=O)O)C1. The van der Waals surface area contributed by atoms with Crippen molar-refractivity contribution >= 4 is 11.9 Å². The summed E-state index contributed by atoms with van der Waals surface area (Å²) in [5.74, 6) is -1.33. The molecule has 1 aromatic rings. The molecule has 4 nitrogen and oxygen atoms in total. The van der Waals surface area contributed by atoms with Crippen LogP contribution in [0.1, 0.15) is 35.2 Å². The van der Waals surface area contributed by atoms with E-state index >= 15 is 0 Å². The lowest BCUT2D eigenvalue weighted by atomic mass is 9.94. The lowest BCUT2D eigenvalue weighted by molar-refractivity contribution is -0.138. The van der Waals surface area contributed by atoms with Crippen molar-refractivity contribution in [1.82, 2.24) is 4.90 Å². The first-order chi connectivity index (χ1) is 9.47. The molecule has 1 fully saturated rings. The molecule has 1 N–H and O–H groups in total. The summed E-state index contributed by atoms with van der Waals surface area (Å²) in [5.41, 5.74) is 1.10. The molecule has 0 spiro atoms. The number of carbonyl (C=O) groups is 2. The van der Waals surface area contributed by atoms with E-state index < -0.39 is 5.97 Å². The number of likely N-dealkylation sites (tertiary alicyclic amines) is 1. The van der Waals surface area contributed by atoms with Gasteiger partial charge in [-0.2, -0.15) is 0 Å². The molecule has 1 aromatic carbocycles. The molecular weight excluding hydrogens is 261 g/mol. The topological polar surface area (TPSA) is 57.6 Å². The molecule has 0 saturated carbocycles. The second-order valence-corrected chi connectivity index (χ2v) is 5.32. The first-order valence-corrected chi connectivity index (χ1v) is 6.74. The number of carbonyl (C=O) groups excluding carboxylic acids is 1. The van der Waals surface area contributed by atoms with E-state index in [0.717, 1.165) is 12.8 Å². The van der Waals surface area contributed by atoms with Crippen LogP contribution in [0.25, 0.3) is 0 Å². The maximum atomic E-state index is 13.1. The lowest BCUT2D eigenvalue weighted by Gasteiger charge is -2.32. The Bertz CT molecular complexity index is 530. The van der Waals surface area contributed by atoms with Crippen LogP contribution in [-0.2, 0) is 4.79 Å². The quantitative estimate of drug-likeness (QED) is 0.924. The van der Waals surface area contributed by atoms with Crippen molar-refractivity contribution in [2.45, 2.75) is 26.2 Å². The molecule has 2 rings (SSSR count). The van der Waals surface area contributed by atoms with Gasteiger partial charge in [0.05, 0.1) is 0 Å². The third-order valence-electron chi connectivity index (χ3n) is 3.69. The van der Waals surface area contributed by atoms with E-state index in [-0.39, 0.29) is 24.1 Å². The number of aliphatic carboxylic acids is 1. The van der Waals surface area contributed by atoms with E-state index in [1.807, 2.05) is 0 Å². The van der Waals surface area contributed by atoms with Crippen molar-refractivity contribution in [3.63, 3.8) is 0 Å². The van der Waals surface area contributed by atoms with Crippen LogP contribution in [0.4, 0.5) is 4.39 Å². The lowest BCUT2D eigenvalue weighted by Crippen LogP contribution is -2.40. The van der Waals surface area contributed by atoms with E-state index in [1.165, 1.54) is 18.2 Å². The van der Waals surface area contributed by atoms with Gasteiger partial charge < -0.3 is 10.0 Å². The molecule has 0 aromatic heterocycles. The number of carboxylic acid groups (broad SMARTS) is 1. The molecule has 0 radical (unpaired) electrons. The fourth-order valence-corrected chi connectivity index (χ4v) is 2.70. The molecular formula is C15H18FNO3. The zero-order chi connectivity index (χ0) is 14.7. The van der Waals surface area contributed by atoms with E-state index in [1.54, 1.807) is 11.8 Å². The summed E-state index contributed by atoms with van der Waals surface area (Å²) in [6, 6.07) is 4.11. The number of piperidine rings is 1. The minimum Gasteiger partial charge on any atom is -0.481 e. The first kappa shape index (κ1) is 14.5. The Labute approximate surface area is 117 Å². The molecule has 0 bridgehead atoms. The van der Waals surface area contributed by atoms with Crippen LogP contribution in [0.5, 0.6) is 0 Å². The van der Waals surface area contributed by atoms with Crippen molar-refractivity contribution in [2.75, 3.05) is 13.1 Å². The second kappa shape index (κ2) is 6.03. The number of hydrogen-bond acceptors (Lipinski definition) is 2. The average Bonchev–Trinajstić information content (AvgIpc) is 2.37. The largest absolute Gasteiger partial charge is 0.481 e. The molecule has 1 atom stereocenters. The Hall–Kier alpha value is -1.91. The number of aryl methyl sites for hydroxylation is 1. The minimum atomic E-state index is -0.831. The number of halogens is 1. The van der Waals surface area contributed by atoms with Crippen LogP contribution in [0.3, 0.4) is 0 Å². The Kier molecular flexibility index (Phi) is 4.37. The number of nitrogens with zero attached hydrogens (tertiary/aromatic N) is 1. The van der Waals surface area contributed by atoms with Gasteiger partial charge in [-0.1, -0.05) is 0 Å². The highest BCUT2D eigenvalue weighted by Gasteiger charge is 2.26. The van der Waals surface area contributed by atoms with Crippen molar-refractivity contribution < 1.29 is 19.1 Å². The van der Waals surface area contributed by atoms with Gasteiger partial charge in [0.15, 0.2) is 0 Å². The monoisotopic (exact) mass is 279 g/mol. The summed E-state index contributed by atoms with van der Waals surface area (Å²) < 4.78 is 13.1. The summed E-state index contributed by atoms with van der Waals surface area (Å²) in [5, 5.41) is 8.84. The zero-order valence-electron chi connectivity index (χ0n) is 11.4. The molecule has 0 aliphatic carbocycles. The summed E-state index contributed by atoms with van der Waals surface area (Å²) >= 11 is 0. The van der Waals surface area contributed by atoms with Gasteiger partial charge in [0.2, 0.25) is 0 Å². The molecule has 108 valence electrons. The number of benzene rings is 1. The number of rotatable bonds is 3. The van der Waals surface area contributed by atoms with Crippen LogP contribution < -0.4 is 0 Å². The Morgan fingerprint density at radius 3 is 2.85 bits per heavy atom. The molecule has 20 heavy (non-hydrogen) atoms. The summed E-state index contributed by atoms with van der Waals surface area (Å²) in [6.45, 7) is 2.79. The number of hydrogen-bond donors (Lipinski definition) is 1. The highest BCUT2D eigenvalue weighted by molar-refractivity contribution is 5.95. The highest BCUT2D eigenvalue weighted by Crippen LogP contribution is 2.22. The molecule has 1 aliphatic heterocycles. The molecule has 1 heterocycles. The molecule has 1 saturated heterocycles. The molecule has 1 aliphatic rings. The minimum absolute atomic E-state index is 0.00551. The third kappa shape index (κ3) is 3.35. The van der Waals surface area contributed by atoms with Gasteiger partial charge in [-0.05, 0) is 49.4 Å².